The molecule has 122 valence electrons. The standard InChI is InChI=1S/C17H20N2O3S/c1-12-11-23-17(21)19(12)10-16(20)18-8-4-7-15(18)13-5-3-6-14(9-13)22-2/h3,5-6,9,11,15H,4,7-8,10H2,1-2H3. The molecule has 6 heteroatoms. The second kappa shape index (κ2) is 6.58. The monoisotopic (exact) mass is 332 g/mol. The minimum atomic E-state index is -0.0759. The molecule has 1 saturated heterocycles. The zero-order valence-corrected chi connectivity index (χ0v) is 14.1. The lowest BCUT2D eigenvalue weighted by Gasteiger charge is -2.25. The Kier molecular flexibility index (Phi) is 4.52. The van der Waals surface area contributed by atoms with E-state index in [0.29, 0.717) is 0 Å². The number of thiazole rings is 1. The second-order valence-electron chi connectivity index (χ2n) is 5.75. The number of likely N-dealkylation sites (tertiary alicyclic amines) is 1. The van der Waals surface area contributed by atoms with Crippen LogP contribution in [0.1, 0.15) is 30.1 Å². The average molecular weight is 332 g/mol. The van der Waals surface area contributed by atoms with E-state index in [0.717, 1.165) is 47.7 Å². The molecule has 2 aromatic rings. The van der Waals surface area contributed by atoms with Crippen LogP contribution in [0.15, 0.2) is 34.4 Å². The largest absolute Gasteiger partial charge is 0.497 e. The molecule has 1 aliphatic heterocycles. The van der Waals surface area contributed by atoms with E-state index in [1.165, 1.54) is 0 Å². The molecular formula is C17H20N2O3S. The predicted molar refractivity (Wildman–Crippen MR) is 90.0 cm³/mol. The third kappa shape index (κ3) is 3.17. The molecule has 1 amide bonds. The number of carbonyl (C=O) groups excluding carboxylic acids is 1. The molecule has 23 heavy (non-hydrogen) atoms. The van der Waals surface area contributed by atoms with Crippen molar-refractivity contribution in [2.45, 2.75) is 32.4 Å². The van der Waals surface area contributed by atoms with Gasteiger partial charge in [0.05, 0.1) is 13.2 Å². The van der Waals surface area contributed by atoms with Crippen LogP contribution in [0, 0.1) is 6.92 Å². The number of hydrogen-bond acceptors (Lipinski definition) is 4. The van der Waals surface area contributed by atoms with Crippen LogP contribution >= 0.6 is 11.3 Å². The number of aromatic nitrogens is 1. The summed E-state index contributed by atoms with van der Waals surface area (Å²) in [6.45, 7) is 2.71. The molecule has 2 heterocycles. The van der Waals surface area contributed by atoms with Crippen LogP contribution in [-0.2, 0) is 11.3 Å². The first kappa shape index (κ1) is 15.8. The molecule has 0 N–H and O–H groups in total. The maximum atomic E-state index is 12.7. The Morgan fingerprint density at radius 1 is 1.43 bits per heavy atom. The summed E-state index contributed by atoms with van der Waals surface area (Å²) in [4.78, 5) is 26.3. The highest BCUT2D eigenvalue weighted by atomic mass is 32.1. The zero-order chi connectivity index (χ0) is 16.4. The lowest BCUT2D eigenvalue weighted by molar-refractivity contribution is -0.132. The molecule has 0 bridgehead atoms. The zero-order valence-electron chi connectivity index (χ0n) is 13.3. The fraction of sp³-hybridized carbons (Fsp3) is 0.412. The molecule has 3 rings (SSSR count). The maximum absolute atomic E-state index is 12.7. The highest BCUT2D eigenvalue weighted by molar-refractivity contribution is 7.07. The molecule has 0 radical (unpaired) electrons. The fourth-order valence-corrected chi connectivity index (χ4v) is 3.82. The van der Waals surface area contributed by atoms with Gasteiger partial charge in [-0.05, 0) is 37.5 Å². The molecular weight excluding hydrogens is 312 g/mol. The summed E-state index contributed by atoms with van der Waals surface area (Å²) in [6.07, 6.45) is 1.92. The smallest absolute Gasteiger partial charge is 0.307 e. The Balaban J connectivity index is 1.81. The van der Waals surface area contributed by atoms with Gasteiger partial charge in [-0.3, -0.25) is 14.2 Å². The summed E-state index contributed by atoms with van der Waals surface area (Å²) >= 11 is 1.14. The molecule has 0 saturated carbocycles. The Labute approximate surface area is 139 Å². The van der Waals surface area contributed by atoms with Crippen LogP contribution in [-0.4, -0.2) is 29.0 Å². The van der Waals surface area contributed by atoms with Gasteiger partial charge < -0.3 is 9.64 Å². The molecule has 1 aromatic heterocycles. The summed E-state index contributed by atoms with van der Waals surface area (Å²) in [5, 5.41) is 1.79. The van der Waals surface area contributed by atoms with Crippen molar-refractivity contribution in [3.63, 3.8) is 0 Å². The summed E-state index contributed by atoms with van der Waals surface area (Å²) in [5.41, 5.74) is 1.93. The van der Waals surface area contributed by atoms with E-state index >= 15 is 0 Å². The maximum Gasteiger partial charge on any atom is 0.307 e. The molecule has 1 aromatic carbocycles. The highest BCUT2D eigenvalue weighted by Crippen LogP contribution is 2.33. The van der Waals surface area contributed by atoms with E-state index in [1.54, 1.807) is 17.1 Å². The van der Waals surface area contributed by atoms with E-state index in [2.05, 4.69) is 0 Å². The molecule has 0 aliphatic carbocycles. The van der Waals surface area contributed by atoms with Crippen LogP contribution in [0.5, 0.6) is 5.75 Å². The third-order valence-corrected chi connectivity index (χ3v) is 5.20. The minimum Gasteiger partial charge on any atom is -0.497 e. The van der Waals surface area contributed by atoms with Crippen molar-refractivity contribution in [1.29, 1.82) is 0 Å². The summed E-state index contributed by atoms with van der Waals surface area (Å²) in [7, 11) is 1.64. The number of nitrogens with zero attached hydrogens (tertiary/aromatic N) is 2. The average Bonchev–Trinajstić information content (AvgIpc) is 3.17. The number of carbonyl (C=O) groups is 1. The number of amides is 1. The van der Waals surface area contributed by atoms with Gasteiger partial charge in [0.1, 0.15) is 12.3 Å². The van der Waals surface area contributed by atoms with Crippen LogP contribution < -0.4 is 9.61 Å². The van der Waals surface area contributed by atoms with E-state index in [1.807, 2.05) is 36.1 Å². The molecule has 1 aliphatic rings. The molecule has 0 spiro atoms. The summed E-state index contributed by atoms with van der Waals surface area (Å²) in [5.74, 6) is 0.797. The first-order chi connectivity index (χ1) is 11.1. The predicted octanol–water partition coefficient (Wildman–Crippen LogP) is 2.59. The number of rotatable bonds is 4. The Bertz CT molecular complexity index is 765. The van der Waals surface area contributed by atoms with Gasteiger partial charge in [-0.2, -0.15) is 0 Å². The van der Waals surface area contributed by atoms with Gasteiger partial charge in [0, 0.05) is 17.6 Å². The van der Waals surface area contributed by atoms with Crippen LogP contribution in [0.3, 0.4) is 0 Å². The van der Waals surface area contributed by atoms with E-state index in [4.69, 9.17) is 4.74 Å². The van der Waals surface area contributed by atoms with Crippen molar-refractivity contribution in [1.82, 2.24) is 9.47 Å². The van der Waals surface area contributed by atoms with Crippen molar-refractivity contribution in [2.75, 3.05) is 13.7 Å². The van der Waals surface area contributed by atoms with Gasteiger partial charge in [-0.1, -0.05) is 23.5 Å². The number of methoxy groups -OCH3 is 1. The van der Waals surface area contributed by atoms with Crippen LogP contribution in [0.25, 0.3) is 0 Å². The van der Waals surface area contributed by atoms with E-state index in [-0.39, 0.29) is 23.4 Å². The first-order valence-electron chi connectivity index (χ1n) is 7.68. The van der Waals surface area contributed by atoms with Gasteiger partial charge in [-0.25, -0.2) is 0 Å². The van der Waals surface area contributed by atoms with E-state index < -0.39 is 0 Å². The quantitative estimate of drug-likeness (QED) is 0.865. The van der Waals surface area contributed by atoms with Crippen molar-refractivity contribution in [3.05, 3.63) is 50.6 Å². The summed E-state index contributed by atoms with van der Waals surface area (Å²) in [6, 6.07) is 7.92. The second-order valence-corrected chi connectivity index (χ2v) is 6.57. The minimum absolute atomic E-state index is 0.00100. The van der Waals surface area contributed by atoms with Crippen molar-refractivity contribution >= 4 is 17.2 Å². The van der Waals surface area contributed by atoms with Gasteiger partial charge in [-0.15, -0.1) is 0 Å². The number of aryl methyl sites for hydroxylation is 1. The lowest BCUT2D eigenvalue weighted by atomic mass is 10.0. The number of ether oxygens (including phenoxy) is 1. The van der Waals surface area contributed by atoms with E-state index in [9.17, 15) is 9.59 Å². The van der Waals surface area contributed by atoms with Gasteiger partial charge in [0.25, 0.3) is 0 Å². The van der Waals surface area contributed by atoms with Gasteiger partial charge >= 0.3 is 4.87 Å². The van der Waals surface area contributed by atoms with Crippen molar-refractivity contribution in [3.8, 4) is 5.75 Å². The van der Waals surface area contributed by atoms with Crippen LogP contribution in [0.2, 0.25) is 0 Å². The van der Waals surface area contributed by atoms with Gasteiger partial charge in [0.15, 0.2) is 0 Å². The lowest BCUT2D eigenvalue weighted by Crippen LogP contribution is -2.35. The highest BCUT2D eigenvalue weighted by Gasteiger charge is 2.30. The fourth-order valence-electron chi connectivity index (χ4n) is 3.08. The number of hydrogen-bond donors (Lipinski definition) is 0. The molecule has 5 nitrogen and oxygen atoms in total. The normalized spacial score (nSPS) is 17.5. The third-order valence-electron chi connectivity index (χ3n) is 4.32. The summed E-state index contributed by atoms with van der Waals surface area (Å²) < 4.78 is 6.83. The van der Waals surface area contributed by atoms with Gasteiger partial charge in [0.2, 0.25) is 5.91 Å². The molecule has 1 fully saturated rings. The number of benzene rings is 1. The molecule has 1 unspecified atom stereocenters. The SMILES string of the molecule is COc1cccc(C2CCCN2C(=O)Cn2c(C)csc2=O)c1. The molecule has 1 atom stereocenters. The Morgan fingerprint density at radius 3 is 2.96 bits per heavy atom. The van der Waals surface area contributed by atoms with Crippen molar-refractivity contribution < 1.29 is 9.53 Å². The Hall–Kier alpha value is -2.08. The van der Waals surface area contributed by atoms with Crippen LogP contribution in [0.4, 0.5) is 0 Å². The van der Waals surface area contributed by atoms with Crippen molar-refractivity contribution in [2.24, 2.45) is 0 Å². The topological polar surface area (TPSA) is 51.5 Å². The Morgan fingerprint density at radius 2 is 2.26 bits per heavy atom. The first-order valence-corrected chi connectivity index (χ1v) is 8.56.